The number of thiazole rings is 1. The zero-order valence-corrected chi connectivity index (χ0v) is 12.3. The Bertz CT molecular complexity index is 453. The number of nitrogens with zero attached hydrogens (tertiary/aromatic N) is 3. The molecule has 0 bridgehead atoms. The minimum atomic E-state index is 0.0657. The van der Waals surface area contributed by atoms with Gasteiger partial charge in [-0.25, -0.2) is 4.98 Å². The average molecular weight is 296 g/mol. The molecule has 0 saturated carbocycles. The highest BCUT2D eigenvalue weighted by atomic mass is 32.1. The van der Waals surface area contributed by atoms with Crippen molar-refractivity contribution in [3.05, 3.63) is 16.1 Å². The quantitative estimate of drug-likeness (QED) is 0.852. The van der Waals surface area contributed by atoms with Gasteiger partial charge in [0.25, 0.3) is 5.91 Å². The van der Waals surface area contributed by atoms with Crippen molar-refractivity contribution in [2.45, 2.75) is 6.54 Å². The van der Waals surface area contributed by atoms with E-state index in [0.29, 0.717) is 5.69 Å². The summed E-state index contributed by atoms with van der Waals surface area (Å²) in [5.74, 6) is 0.0657. The Hall–Kier alpha value is -1.02. The smallest absolute Gasteiger partial charge is 0.273 e. The van der Waals surface area contributed by atoms with Gasteiger partial charge in [-0.1, -0.05) is 0 Å². The third-order valence-corrected chi connectivity index (χ3v) is 4.47. The fourth-order valence-electron chi connectivity index (χ4n) is 2.46. The highest BCUT2D eigenvalue weighted by Crippen LogP contribution is 2.15. The van der Waals surface area contributed by atoms with Crippen molar-refractivity contribution in [2.75, 3.05) is 52.5 Å². The lowest BCUT2D eigenvalue weighted by Crippen LogP contribution is -2.46. The fourth-order valence-corrected chi connectivity index (χ4v) is 3.27. The van der Waals surface area contributed by atoms with Gasteiger partial charge in [0.1, 0.15) is 10.7 Å². The van der Waals surface area contributed by atoms with E-state index in [2.05, 4.69) is 15.2 Å². The predicted octanol–water partition coefficient (Wildman–Crippen LogP) is 0.0207. The molecule has 0 spiro atoms. The number of carbonyl (C=O) groups is 1. The minimum absolute atomic E-state index is 0.0657. The number of rotatable bonds is 3. The zero-order chi connectivity index (χ0) is 13.8. The van der Waals surface area contributed by atoms with Crippen LogP contribution in [0, 0.1) is 0 Å². The number of amides is 1. The molecule has 2 fully saturated rings. The SMILES string of the molecule is O=C(c1csc(CN2CCOCC2)n1)N1CCNCC1. The molecule has 1 aromatic heterocycles. The molecule has 3 heterocycles. The van der Waals surface area contributed by atoms with Gasteiger partial charge in [0.05, 0.1) is 19.8 Å². The maximum absolute atomic E-state index is 12.3. The molecule has 1 N–H and O–H groups in total. The average Bonchev–Trinajstić information content (AvgIpc) is 2.97. The van der Waals surface area contributed by atoms with Gasteiger partial charge in [-0.05, 0) is 0 Å². The van der Waals surface area contributed by atoms with Crippen LogP contribution in [0.1, 0.15) is 15.5 Å². The van der Waals surface area contributed by atoms with Crippen molar-refractivity contribution in [2.24, 2.45) is 0 Å². The molecular weight excluding hydrogens is 276 g/mol. The molecule has 20 heavy (non-hydrogen) atoms. The van der Waals surface area contributed by atoms with Crippen LogP contribution in [0.5, 0.6) is 0 Å². The van der Waals surface area contributed by atoms with Crippen LogP contribution in [0.4, 0.5) is 0 Å². The summed E-state index contributed by atoms with van der Waals surface area (Å²) in [5, 5.41) is 6.16. The molecule has 1 aromatic rings. The molecule has 2 aliphatic heterocycles. The Morgan fingerprint density at radius 3 is 2.80 bits per heavy atom. The molecule has 0 unspecified atom stereocenters. The number of aromatic nitrogens is 1. The van der Waals surface area contributed by atoms with Crippen LogP contribution < -0.4 is 5.32 Å². The van der Waals surface area contributed by atoms with Crippen LogP contribution >= 0.6 is 11.3 Å². The van der Waals surface area contributed by atoms with Gasteiger partial charge < -0.3 is 15.0 Å². The van der Waals surface area contributed by atoms with Crippen LogP contribution in [-0.2, 0) is 11.3 Å². The molecule has 0 aromatic carbocycles. The number of hydrogen-bond donors (Lipinski definition) is 1. The first-order valence-corrected chi connectivity index (χ1v) is 7.95. The van der Waals surface area contributed by atoms with Gasteiger partial charge >= 0.3 is 0 Å². The van der Waals surface area contributed by atoms with E-state index in [9.17, 15) is 4.79 Å². The van der Waals surface area contributed by atoms with Gasteiger partial charge in [-0.3, -0.25) is 9.69 Å². The molecule has 1 amide bonds. The second kappa shape index (κ2) is 6.62. The number of ether oxygens (including phenoxy) is 1. The van der Waals surface area contributed by atoms with Crippen molar-refractivity contribution in [1.29, 1.82) is 0 Å². The molecule has 110 valence electrons. The largest absolute Gasteiger partial charge is 0.379 e. The number of hydrogen-bond acceptors (Lipinski definition) is 6. The summed E-state index contributed by atoms with van der Waals surface area (Å²) in [7, 11) is 0. The number of nitrogens with one attached hydrogen (secondary N) is 1. The minimum Gasteiger partial charge on any atom is -0.379 e. The van der Waals surface area contributed by atoms with E-state index in [0.717, 1.165) is 64.0 Å². The van der Waals surface area contributed by atoms with Crippen LogP contribution in [0.15, 0.2) is 5.38 Å². The van der Waals surface area contributed by atoms with Crippen LogP contribution in [0.2, 0.25) is 0 Å². The van der Waals surface area contributed by atoms with Gasteiger partial charge in [0.2, 0.25) is 0 Å². The third-order valence-electron chi connectivity index (χ3n) is 3.64. The first-order valence-electron chi connectivity index (χ1n) is 7.07. The Balaban J connectivity index is 1.59. The fraction of sp³-hybridized carbons (Fsp3) is 0.692. The lowest BCUT2D eigenvalue weighted by atomic mass is 10.3. The normalized spacial score (nSPS) is 21.1. The van der Waals surface area contributed by atoms with Crippen molar-refractivity contribution >= 4 is 17.2 Å². The van der Waals surface area contributed by atoms with Gasteiger partial charge in [-0.2, -0.15) is 0 Å². The number of piperazine rings is 1. The van der Waals surface area contributed by atoms with Crippen molar-refractivity contribution < 1.29 is 9.53 Å². The molecule has 0 aliphatic carbocycles. The monoisotopic (exact) mass is 296 g/mol. The van der Waals surface area contributed by atoms with E-state index >= 15 is 0 Å². The van der Waals surface area contributed by atoms with E-state index < -0.39 is 0 Å². The van der Waals surface area contributed by atoms with Crippen molar-refractivity contribution in [3.8, 4) is 0 Å². The summed E-state index contributed by atoms with van der Waals surface area (Å²) in [4.78, 5) is 21.0. The highest BCUT2D eigenvalue weighted by Gasteiger charge is 2.21. The van der Waals surface area contributed by atoms with Crippen LogP contribution in [0.3, 0.4) is 0 Å². The molecule has 2 saturated heterocycles. The molecule has 7 heteroatoms. The number of carbonyl (C=O) groups excluding carboxylic acids is 1. The van der Waals surface area contributed by atoms with E-state index in [4.69, 9.17) is 4.74 Å². The number of morpholine rings is 1. The second-order valence-electron chi connectivity index (χ2n) is 5.06. The van der Waals surface area contributed by atoms with E-state index in [1.54, 1.807) is 11.3 Å². The molecule has 3 rings (SSSR count). The van der Waals surface area contributed by atoms with Gasteiger partial charge in [0, 0.05) is 44.6 Å². The van der Waals surface area contributed by atoms with E-state index in [1.807, 2.05) is 10.3 Å². The second-order valence-corrected chi connectivity index (χ2v) is 6.00. The highest BCUT2D eigenvalue weighted by molar-refractivity contribution is 7.09. The third kappa shape index (κ3) is 3.35. The summed E-state index contributed by atoms with van der Waals surface area (Å²) >= 11 is 1.58. The maximum atomic E-state index is 12.3. The van der Waals surface area contributed by atoms with E-state index in [1.165, 1.54) is 0 Å². The standard InChI is InChI=1S/C13H20N4O2S/c18-13(17-3-1-14-2-4-17)11-10-20-12(15-11)9-16-5-7-19-8-6-16/h10,14H,1-9H2. The molecule has 2 aliphatic rings. The maximum Gasteiger partial charge on any atom is 0.273 e. The topological polar surface area (TPSA) is 57.7 Å². The summed E-state index contributed by atoms with van der Waals surface area (Å²) in [6.45, 7) is 7.58. The van der Waals surface area contributed by atoms with Gasteiger partial charge in [0.15, 0.2) is 0 Å². The molecule has 0 atom stereocenters. The molecule has 0 radical (unpaired) electrons. The summed E-state index contributed by atoms with van der Waals surface area (Å²) in [6.07, 6.45) is 0. The van der Waals surface area contributed by atoms with Crippen LogP contribution in [-0.4, -0.2) is 73.2 Å². The summed E-state index contributed by atoms with van der Waals surface area (Å²) in [6, 6.07) is 0. The zero-order valence-electron chi connectivity index (χ0n) is 11.5. The lowest BCUT2D eigenvalue weighted by molar-refractivity contribution is 0.0341. The van der Waals surface area contributed by atoms with Crippen LogP contribution in [0.25, 0.3) is 0 Å². The Kier molecular flexibility index (Phi) is 4.62. The van der Waals surface area contributed by atoms with Crippen molar-refractivity contribution in [1.82, 2.24) is 20.1 Å². The predicted molar refractivity (Wildman–Crippen MR) is 77.0 cm³/mol. The Morgan fingerprint density at radius 1 is 1.30 bits per heavy atom. The molecular formula is C13H20N4O2S. The Morgan fingerprint density at radius 2 is 2.05 bits per heavy atom. The first kappa shape index (κ1) is 13.9. The Labute approximate surface area is 122 Å². The van der Waals surface area contributed by atoms with Gasteiger partial charge in [-0.15, -0.1) is 11.3 Å². The first-order chi connectivity index (χ1) is 9.83. The summed E-state index contributed by atoms with van der Waals surface area (Å²) in [5.41, 5.74) is 0.597. The van der Waals surface area contributed by atoms with Crippen molar-refractivity contribution in [3.63, 3.8) is 0 Å². The van der Waals surface area contributed by atoms with E-state index in [-0.39, 0.29) is 5.91 Å². The summed E-state index contributed by atoms with van der Waals surface area (Å²) < 4.78 is 5.33. The lowest BCUT2D eigenvalue weighted by Gasteiger charge is -2.26. The molecule has 6 nitrogen and oxygen atoms in total.